The first-order valence-electron chi connectivity index (χ1n) is 7.25. The molecular weight excluding hydrogens is 262 g/mol. The summed E-state index contributed by atoms with van der Waals surface area (Å²) in [6.07, 6.45) is 4.36. The minimum Gasteiger partial charge on any atom is -0.334 e. The van der Waals surface area contributed by atoms with Crippen LogP contribution in [0.1, 0.15) is 18.1 Å². The number of likely N-dealkylation sites (N-methyl/N-ethyl adjacent to an activating group) is 1. The molecule has 0 fully saturated rings. The number of aromatic nitrogens is 1. The molecule has 1 aromatic heterocycles. The van der Waals surface area contributed by atoms with E-state index in [1.54, 1.807) is 12.4 Å². The van der Waals surface area contributed by atoms with E-state index in [0.29, 0.717) is 13.1 Å². The lowest BCUT2D eigenvalue weighted by atomic mass is 10.1. The standard InChI is InChI=1S/C17H21N3O/c1-2-20(12-10-15-7-4-3-5-8-15)17(21)19-14-16-9-6-11-18-13-16/h3-9,11,13H,2,10,12,14H2,1H3,(H,19,21). The Morgan fingerprint density at radius 2 is 1.90 bits per heavy atom. The average Bonchev–Trinajstić information content (AvgIpc) is 2.55. The van der Waals surface area contributed by atoms with Crippen LogP contribution in [0.3, 0.4) is 0 Å². The minimum atomic E-state index is -0.0303. The monoisotopic (exact) mass is 283 g/mol. The summed E-state index contributed by atoms with van der Waals surface area (Å²) in [5.41, 5.74) is 2.25. The van der Waals surface area contributed by atoms with Crippen LogP contribution in [0.4, 0.5) is 4.79 Å². The van der Waals surface area contributed by atoms with Crippen LogP contribution in [-0.2, 0) is 13.0 Å². The number of carbonyl (C=O) groups is 1. The molecule has 0 saturated heterocycles. The number of hydrogen-bond acceptors (Lipinski definition) is 2. The van der Waals surface area contributed by atoms with Gasteiger partial charge in [0.2, 0.25) is 0 Å². The Kier molecular flexibility index (Phi) is 5.76. The summed E-state index contributed by atoms with van der Waals surface area (Å²) in [4.78, 5) is 18.0. The molecule has 0 aliphatic heterocycles. The SMILES string of the molecule is CCN(CCc1ccccc1)C(=O)NCc1cccnc1. The summed E-state index contributed by atoms with van der Waals surface area (Å²) in [7, 11) is 0. The van der Waals surface area contributed by atoms with Gasteiger partial charge in [0, 0.05) is 32.0 Å². The fraction of sp³-hybridized carbons (Fsp3) is 0.294. The smallest absolute Gasteiger partial charge is 0.317 e. The van der Waals surface area contributed by atoms with Crippen LogP contribution in [0.15, 0.2) is 54.9 Å². The number of benzene rings is 1. The van der Waals surface area contributed by atoms with Crippen LogP contribution in [0.25, 0.3) is 0 Å². The number of pyridine rings is 1. The van der Waals surface area contributed by atoms with Crippen LogP contribution in [0.5, 0.6) is 0 Å². The number of nitrogens with zero attached hydrogens (tertiary/aromatic N) is 2. The maximum Gasteiger partial charge on any atom is 0.317 e. The van der Waals surface area contributed by atoms with Gasteiger partial charge in [-0.25, -0.2) is 4.79 Å². The van der Waals surface area contributed by atoms with Gasteiger partial charge in [-0.15, -0.1) is 0 Å². The molecule has 0 spiro atoms. The van der Waals surface area contributed by atoms with Gasteiger partial charge >= 0.3 is 6.03 Å². The zero-order chi connectivity index (χ0) is 14.9. The van der Waals surface area contributed by atoms with E-state index in [2.05, 4.69) is 22.4 Å². The average molecular weight is 283 g/mol. The van der Waals surface area contributed by atoms with Crippen molar-refractivity contribution in [2.24, 2.45) is 0 Å². The predicted octanol–water partition coefficient (Wildman–Crippen LogP) is 2.86. The Bertz CT molecular complexity index is 542. The molecule has 4 heteroatoms. The van der Waals surface area contributed by atoms with Crippen molar-refractivity contribution in [2.75, 3.05) is 13.1 Å². The number of nitrogens with one attached hydrogen (secondary N) is 1. The van der Waals surface area contributed by atoms with Gasteiger partial charge < -0.3 is 10.2 Å². The lowest BCUT2D eigenvalue weighted by Crippen LogP contribution is -2.40. The molecule has 0 aliphatic rings. The highest BCUT2D eigenvalue weighted by molar-refractivity contribution is 5.74. The van der Waals surface area contributed by atoms with Crippen molar-refractivity contribution in [3.05, 3.63) is 66.0 Å². The van der Waals surface area contributed by atoms with Gasteiger partial charge in [0.1, 0.15) is 0 Å². The summed E-state index contributed by atoms with van der Waals surface area (Å²) < 4.78 is 0. The van der Waals surface area contributed by atoms with E-state index in [1.165, 1.54) is 5.56 Å². The molecule has 0 radical (unpaired) electrons. The highest BCUT2D eigenvalue weighted by atomic mass is 16.2. The maximum atomic E-state index is 12.2. The van der Waals surface area contributed by atoms with Crippen molar-refractivity contribution in [1.82, 2.24) is 15.2 Å². The molecule has 21 heavy (non-hydrogen) atoms. The van der Waals surface area contributed by atoms with Crippen LogP contribution in [-0.4, -0.2) is 29.0 Å². The third kappa shape index (κ3) is 4.91. The summed E-state index contributed by atoms with van der Waals surface area (Å²) in [5, 5.41) is 2.93. The first-order chi connectivity index (χ1) is 10.3. The number of rotatable bonds is 6. The maximum absolute atomic E-state index is 12.2. The highest BCUT2D eigenvalue weighted by Gasteiger charge is 2.10. The van der Waals surface area contributed by atoms with Gasteiger partial charge in [-0.05, 0) is 30.5 Å². The predicted molar refractivity (Wildman–Crippen MR) is 83.9 cm³/mol. The largest absolute Gasteiger partial charge is 0.334 e. The van der Waals surface area contributed by atoms with E-state index >= 15 is 0 Å². The Hall–Kier alpha value is -2.36. The second-order valence-electron chi connectivity index (χ2n) is 4.84. The molecule has 0 aliphatic carbocycles. The molecule has 1 heterocycles. The van der Waals surface area contributed by atoms with Crippen LogP contribution >= 0.6 is 0 Å². The van der Waals surface area contributed by atoms with Crippen LogP contribution in [0.2, 0.25) is 0 Å². The van der Waals surface area contributed by atoms with Gasteiger partial charge in [-0.3, -0.25) is 4.98 Å². The molecule has 2 amide bonds. The molecule has 4 nitrogen and oxygen atoms in total. The van der Waals surface area contributed by atoms with Crippen LogP contribution < -0.4 is 5.32 Å². The Labute approximate surface area is 125 Å². The van der Waals surface area contributed by atoms with Crippen molar-refractivity contribution < 1.29 is 4.79 Å². The van der Waals surface area contributed by atoms with E-state index in [9.17, 15) is 4.79 Å². The van der Waals surface area contributed by atoms with E-state index < -0.39 is 0 Å². The number of carbonyl (C=O) groups excluding carboxylic acids is 1. The fourth-order valence-electron chi connectivity index (χ4n) is 2.10. The second kappa shape index (κ2) is 8.04. The number of amides is 2. The Balaban J connectivity index is 1.81. The van der Waals surface area contributed by atoms with E-state index in [-0.39, 0.29) is 6.03 Å². The first-order valence-corrected chi connectivity index (χ1v) is 7.25. The normalized spacial score (nSPS) is 10.1. The molecule has 110 valence electrons. The van der Waals surface area contributed by atoms with Crippen molar-refractivity contribution in [3.63, 3.8) is 0 Å². The Morgan fingerprint density at radius 1 is 1.14 bits per heavy atom. The zero-order valence-electron chi connectivity index (χ0n) is 12.3. The third-order valence-electron chi connectivity index (χ3n) is 3.35. The lowest BCUT2D eigenvalue weighted by molar-refractivity contribution is 0.200. The quantitative estimate of drug-likeness (QED) is 0.886. The Morgan fingerprint density at radius 3 is 2.57 bits per heavy atom. The summed E-state index contributed by atoms with van der Waals surface area (Å²) in [6, 6.07) is 14.0. The first kappa shape index (κ1) is 15.0. The van der Waals surface area contributed by atoms with E-state index in [1.807, 2.05) is 42.2 Å². The molecule has 0 bridgehead atoms. The van der Waals surface area contributed by atoms with Gasteiger partial charge in [0.05, 0.1) is 0 Å². The molecule has 1 aromatic carbocycles. The molecule has 0 unspecified atom stereocenters. The lowest BCUT2D eigenvalue weighted by Gasteiger charge is -2.21. The van der Waals surface area contributed by atoms with Crippen molar-refractivity contribution in [3.8, 4) is 0 Å². The summed E-state index contributed by atoms with van der Waals surface area (Å²) >= 11 is 0. The van der Waals surface area contributed by atoms with Crippen LogP contribution in [0, 0.1) is 0 Å². The summed E-state index contributed by atoms with van der Waals surface area (Å²) in [5.74, 6) is 0. The fourth-order valence-corrected chi connectivity index (χ4v) is 2.10. The highest BCUT2D eigenvalue weighted by Crippen LogP contribution is 2.02. The molecule has 2 rings (SSSR count). The van der Waals surface area contributed by atoms with Crippen molar-refractivity contribution in [2.45, 2.75) is 19.9 Å². The third-order valence-corrected chi connectivity index (χ3v) is 3.35. The van der Waals surface area contributed by atoms with Gasteiger partial charge in [0.25, 0.3) is 0 Å². The zero-order valence-corrected chi connectivity index (χ0v) is 12.3. The number of hydrogen-bond donors (Lipinski definition) is 1. The topological polar surface area (TPSA) is 45.2 Å². The summed E-state index contributed by atoms with van der Waals surface area (Å²) in [6.45, 7) is 3.92. The van der Waals surface area contributed by atoms with E-state index in [0.717, 1.165) is 18.5 Å². The van der Waals surface area contributed by atoms with Gasteiger partial charge in [-0.2, -0.15) is 0 Å². The minimum absolute atomic E-state index is 0.0303. The van der Waals surface area contributed by atoms with Crippen molar-refractivity contribution >= 4 is 6.03 Å². The van der Waals surface area contributed by atoms with Gasteiger partial charge in [0.15, 0.2) is 0 Å². The molecule has 0 atom stereocenters. The van der Waals surface area contributed by atoms with Crippen molar-refractivity contribution in [1.29, 1.82) is 0 Å². The molecular formula is C17H21N3O. The molecule has 0 saturated carbocycles. The molecule has 1 N–H and O–H groups in total. The molecule has 2 aromatic rings. The second-order valence-corrected chi connectivity index (χ2v) is 4.84. The van der Waals surface area contributed by atoms with Gasteiger partial charge in [-0.1, -0.05) is 36.4 Å². The number of urea groups is 1. The van der Waals surface area contributed by atoms with E-state index in [4.69, 9.17) is 0 Å².